The van der Waals surface area contributed by atoms with Gasteiger partial charge in [-0.3, -0.25) is 0 Å². The van der Waals surface area contributed by atoms with E-state index in [9.17, 15) is 0 Å². The average molecular weight is 1520 g/mol. The van der Waals surface area contributed by atoms with Crippen LogP contribution < -0.4 is 9.80 Å². The maximum Gasteiger partial charge on any atom is 0.0640 e. The zero-order chi connectivity index (χ0) is 74.6. The third kappa shape index (κ3) is 10.3. The molecule has 0 N–H and O–H groups in total. The Morgan fingerprint density at radius 3 is 1.27 bits per heavy atom. The van der Waals surface area contributed by atoms with Gasteiger partial charge in [-0.1, -0.05) is 297 Å². The first-order chi connectivity index (χ1) is 56.5. The van der Waals surface area contributed by atoms with Crippen molar-refractivity contribution in [1.29, 1.82) is 0 Å². The van der Waals surface area contributed by atoms with Gasteiger partial charge in [0.05, 0.1) is 21.8 Å². The van der Waals surface area contributed by atoms with Gasteiger partial charge in [-0.25, -0.2) is 0 Å². The van der Waals surface area contributed by atoms with Gasteiger partial charge in [0.25, 0.3) is 0 Å². The second-order valence-corrected chi connectivity index (χ2v) is 34.3. The van der Waals surface area contributed by atoms with E-state index < -0.39 is 0 Å². The van der Waals surface area contributed by atoms with Crippen molar-refractivity contribution in [3.05, 3.63) is 388 Å². The van der Waals surface area contributed by atoms with E-state index in [1.54, 1.807) is 0 Å². The maximum absolute atomic E-state index is 2.60. The molecule has 0 radical (unpaired) electrons. The molecule has 6 heteroatoms. The normalized spacial score (nSPS) is 12.0. The maximum atomic E-state index is 2.60. The van der Waals surface area contributed by atoms with Gasteiger partial charge in [-0.05, 0) is 189 Å². The first kappa shape index (κ1) is 65.2. The Bertz CT molecular complexity index is 8170. The largest absolute Gasteiger partial charge is 0.309 e. The Morgan fingerprint density at radius 1 is 0.167 bits per heavy atom. The summed E-state index contributed by atoms with van der Waals surface area (Å²) in [5, 5.41) is 24.7. The molecule has 0 amide bonds. The minimum Gasteiger partial charge on any atom is -0.309 e. The van der Waals surface area contributed by atoms with Crippen LogP contribution in [-0.2, 0) is 0 Å². The third-order valence-corrected chi connectivity index (χ3v) is 28.4. The molecule has 24 rings (SSSR count). The fourth-order valence-corrected chi connectivity index (χ4v) is 23.3. The molecule has 0 aliphatic carbocycles. The second kappa shape index (κ2) is 26.0. The molecule has 4 aromatic heterocycles. The molecule has 2 nitrogen and oxygen atoms in total. The summed E-state index contributed by atoms with van der Waals surface area (Å²) < 4.78 is 10.2. The number of benzene rings is 20. The number of hydrogen-bond acceptors (Lipinski definition) is 6. The van der Waals surface area contributed by atoms with Crippen molar-refractivity contribution in [2.24, 2.45) is 0 Å². The molecule has 114 heavy (non-hydrogen) atoms. The molecule has 0 bridgehead atoms. The number of thiophene rings is 4. The van der Waals surface area contributed by atoms with E-state index in [1.165, 1.54) is 195 Å². The highest BCUT2D eigenvalue weighted by molar-refractivity contribution is 7.27. The number of rotatable bonds is 11. The zero-order valence-electron chi connectivity index (χ0n) is 61.5. The lowest BCUT2D eigenvalue weighted by Gasteiger charge is -2.31. The smallest absolute Gasteiger partial charge is 0.0640 e. The van der Waals surface area contributed by atoms with E-state index >= 15 is 0 Å². The van der Waals surface area contributed by atoms with Crippen LogP contribution in [-0.4, -0.2) is 0 Å². The lowest BCUT2D eigenvalue weighted by atomic mass is 9.87. The Balaban J connectivity index is 0.655. The lowest BCUT2D eigenvalue weighted by Crippen LogP contribution is -2.12. The summed E-state index contributed by atoms with van der Waals surface area (Å²) in [6.07, 6.45) is 0. The SMILES string of the molecule is c1cc(-c2ccc3c(c2)sc2ccccc23)cc(N(c2ccc3sc4ccccc4c3c2)c2c(-c3cccc4cc(-c5ccc6c(c5)sc5c(-c7cccc(N(c8c(-c9ccc%10ccccc%10c9)c9ccccc9c9ccccc89)c8cccc9c8sc8ccccc89)c7)cccc56)ccc34)c3ccccc3c3ccccc23)c1. The van der Waals surface area contributed by atoms with Crippen LogP contribution >= 0.6 is 45.3 Å². The van der Waals surface area contributed by atoms with Crippen LogP contribution in [0.1, 0.15) is 0 Å². The molecule has 0 fully saturated rings. The van der Waals surface area contributed by atoms with E-state index in [2.05, 4.69) is 398 Å². The van der Waals surface area contributed by atoms with Crippen LogP contribution in [0.25, 0.3) is 201 Å². The molecule has 0 unspecified atom stereocenters. The van der Waals surface area contributed by atoms with Gasteiger partial charge in [0.2, 0.25) is 0 Å². The van der Waals surface area contributed by atoms with E-state index in [0.717, 1.165) is 39.7 Å². The van der Waals surface area contributed by atoms with Crippen molar-refractivity contribution in [3.63, 3.8) is 0 Å². The Labute approximate surface area is 673 Å². The highest BCUT2D eigenvalue weighted by Crippen LogP contribution is 2.56. The van der Waals surface area contributed by atoms with Crippen LogP contribution in [0.4, 0.5) is 34.1 Å². The summed E-state index contributed by atoms with van der Waals surface area (Å²) >= 11 is 7.52. The minimum absolute atomic E-state index is 1.09. The van der Waals surface area contributed by atoms with Crippen molar-refractivity contribution in [2.75, 3.05) is 9.80 Å². The molecule has 0 atom stereocenters. The molecule has 0 spiro atoms. The van der Waals surface area contributed by atoms with Crippen molar-refractivity contribution >= 4 is 225 Å². The quantitative estimate of drug-likeness (QED) is 0.119. The van der Waals surface area contributed by atoms with Crippen LogP contribution in [0.5, 0.6) is 0 Å². The molecular weight excluding hydrogens is 1450 g/mol. The van der Waals surface area contributed by atoms with Crippen molar-refractivity contribution < 1.29 is 0 Å². The fourth-order valence-electron chi connectivity index (χ4n) is 18.6. The number of nitrogens with zero attached hydrogens (tertiary/aromatic N) is 2. The highest BCUT2D eigenvalue weighted by Gasteiger charge is 2.30. The fraction of sp³-hybridized carbons (Fsp3) is 0. The Hall–Kier alpha value is -13.6. The summed E-state index contributed by atoms with van der Waals surface area (Å²) in [5.41, 5.74) is 18.6. The number of anilines is 6. The van der Waals surface area contributed by atoms with Gasteiger partial charge in [0.15, 0.2) is 0 Å². The van der Waals surface area contributed by atoms with Crippen LogP contribution in [0.3, 0.4) is 0 Å². The average Bonchev–Trinajstić information content (AvgIpc) is 0.743. The van der Waals surface area contributed by atoms with Gasteiger partial charge in [0.1, 0.15) is 0 Å². The molecule has 4 heterocycles. The van der Waals surface area contributed by atoms with Gasteiger partial charge >= 0.3 is 0 Å². The summed E-state index contributed by atoms with van der Waals surface area (Å²) in [6.45, 7) is 0. The minimum atomic E-state index is 1.09. The topological polar surface area (TPSA) is 6.48 Å². The second-order valence-electron chi connectivity index (χ2n) is 30.0. The third-order valence-electron chi connectivity index (χ3n) is 23.8. The molecule has 20 aromatic carbocycles. The van der Waals surface area contributed by atoms with Gasteiger partial charge in [-0.15, -0.1) is 45.3 Å². The van der Waals surface area contributed by atoms with E-state index in [-0.39, 0.29) is 0 Å². The van der Waals surface area contributed by atoms with E-state index in [4.69, 9.17) is 0 Å². The summed E-state index contributed by atoms with van der Waals surface area (Å²) in [4.78, 5) is 5.18. The van der Waals surface area contributed by atoms with Gasteiger partial charge in [0, 0.05) is 115 Å². The van der Waals surface area contributed by atoms with Gasteiger partial charge < -0.3 is 9.80 Å². The molecule has 0 aliphatic rings. The van der Waals surface area contributed by atoms with Crippen molar-refractivity contribution in [1.82, 2.24) is 0 Å². The summed E-state index contributed by atoms with van der Waals surface area (Å²) in [7, 11) is 0. The predicted octanol–water partition coefficient (Wildman–Crippen LogP) is 33.4. The standard InChI is InChI=1S/C108H64N2S4/c1-2-23-66-59-73(49-48-65(66)22-1)103-89-36-7-3-29-79(89)81-31-5-9-38-91(81)105(103)110(96-44-21-43-94-84-34-12-16-47-99(84)113-108(94)96)75-28-18-25-72(61-75)78-40-20-42-93-87-56-52-70(63-102(87)114-107(78)93)68-50-54-77-71(58-68)26-19-41-88(77)104-90-37-8-4-30-80(90)82-32-6-10-39-92(82)106(104)109(76-53-57-100-95(64-76)85-35-13-15-46-98(85)111-100)74-27-17-24-67(60-74)69-51-55-86-83-33-11-14-45-97(83)112-101(86)62-69/h1-64H. The number of fused-ring (bicyclic) bond motifs is 20. The highest BCUT2D eigenvalue weighted by atomic mass is 32.1. The number of hydrogen-bond donors (Lipinski definition) is 0. The molecule has 0 saturated carbocycles. The molecule has 0 saturated heterocycles. The molecule has 24 aromatic rings. The summed E-state index contributed by atoms with van der Waals surface area (Å²) in [6, 6.07) is 146. The van der Waals surface area contributed by atoms with E-state index in [0.29, 0.717) is 0 Å². The van der Waals surface area contributed by atoms with Crippen LogP contribution in [0.2, 0.25) is 0 Å². The molecule has 0 aliphatic heterocycles. The summed E-state index contributed by atoms with van der Waals surface area (Å²) in [5.74, 6) is 0. The predicted molar refractivity (Wildman–Crippen MR) is 500 cm³/mol. The Morgan fingerprint density at radius 2 is 0.570 bits per heavy atom. The first-order valence-corrected chi connectivity index (χ1v) is 42.2. The lowest BCUT2D eigenvalue weighted by molar-refractivity contribution is 1.31. The van der Waals surface area contributed by atoms with E-state index in [1.807, 2.05) is 45.3 Å². The first-order valence-electron chi connectivity index (χ1n) is 38.9. The molecule has 530 valence electrons. The van der Waals surface area contributed by atoms with Crippen LogP contribution in [0.15, 0.2) is 388 Å². The van der Waals surface area contributed by atoms with Crippen LogP contribution in [0, 0.1) is 0 Å². The monoisotopic (exact) mass is 1520 g/mol. The Kier molecular flexibility index (Phi) is 14.9. The van der Waals surface area contributed by atoms with Gasteiger partial charge in [-0.2, -0.15) is 0 Å². The molecular formula is C108H64N2S4. The van der Waals surface area contributed by atoms with Crippen molar-refractivity contribution in [2.45, 2.75) is 0 Å². The van der Waals surface area contributed by atoms with Crippen molar-refractivity contribution in [3.8, 4) is 55.6 Å². The zero-order valence-corrected chi connectivity index (χ0v) is 64.7.